The van der Waals surface area contributed by atoms with Crippen molar-refractivity contribution >= 4 is 23.5 Å². The van der Waals surface area contributed by atoms with Crippen LogP contribution >= 0.6 is 0 Å². The lowest BCUT2D eigenvalue weighted by Crippen LogP contribution is -2.53. The van der Waals surface area contributed by atoms with E-state index >= 15 is 0 Å². The molecule has 2 aliphatic rings. The summed E-state index contributed by atoms with van der Waals surface area (Å²) >= 11 is 0. The van der Waals surface area contributed by atoms with Gasteiger partial charge in [-0.1, -0.05) is 36.4 Å². The standard InChI is InChI=1S/C22H22N2O5/c1-12-8-4-6-10-14(12)24-19(25)16-17(20(24)26)22(2,21(27)28)23-18(16)13-9-5-7-11-15(13)29-3/h4-11,16-18,23H,1-3H3,(H,27,28). The number of hydrogen-bond acceptors (Lipinski definition) is 5. The molecular formula is C22H22N2O5. The molecule has 7 heteroatoms. The van der Waals surface area contributed by atoms with Crippen LogP contribution in [0.25, 0.3) is 0 Å². The van der Waals surface area contributed by atoms with Gasteiger partial charge in [-0.25, -0.2) is 4.90 Å². The van der Waals surface area contributed by atoms with Crippen molar-refractivity contribution in [3.8, 4) is 5.75 Å². The molecule has 4 rings (SSSR count). The lowest BCUT2D eigenvalue weighted by Gasteiger charge is -2.28. The third kappa shape index (κ3) is 2.65. The van der Waals surface area contributed by atoms with Crippen molar-refractivity contribution in [2.75, 3.05) is 12.0 Å². The SMILES string of the molecule is COc1ccccc1C1NC(C)(C(=O)O)C2C(=O)N(c3ccccc3C)C(=O)C12. The van der Waals surface area contributed by atoms with Gasteiger partial charge in [-0.2, -0.15) is 0 Å². The number of carboxylic acid groups (broad SMARTS) is 1. The second-order valence-corrected chi connectivity index (χ2v) is 7.67. The Bertz CT molecular complexity index is 1020. The third-order valence-electron chi connectivity index (χ3n) is 6.06. The fourth-order valence-electron chi connectivity index (χ4n) is 4.58. The van der Waals surface area contributed by atoms with Crippen LogP contribution in [0, 0.1) is 18.8 Å². The van der Waals surface area contributed by atoms with Gasteiger partial charge in [0.2, 0.25) is 11.8 Å². The Labute approximate surface area is 168 Å². The Balaban J connectivity index is 1.87. The number of aliphatic carboxylic acids is 1. The summed E-state index contributed by atoms with van der Waals surface area (Å²) in [6.45, 7) is 3.28. The molecule has 0 bridgehead atoms. The zero-order valence-corrected chi connectivity index (χ0v) is 16.4. The number of para-hydroxylation sites is 2. The summed E-state index contributed by atoms with van der Waals surface area (Å²) in [5.74, 6) is -3.40. The van der Waals surface area contributed by atoms with Crippen LogP contribution in [0.1, 0.15) is 24.1 Å². The van der Waals surface area contributed by atoms with Gasteiger partial charge in [-0.05, 0) is 31.5 Å². The fourth-order valence-corrected chi connectivity index (χ4v) is 4.58. The van der Waals surface area contributed by atoms with Crippen LogP contribution in [0.15, 0.2) is 48.5 Å². The van der Waals surface area contributed by atoms with Gasteiger partial charge in [0.25, 0.3) is 0 Å². The molecule has 0 radical (unpaired) electrons. The minimum absolute atomic E-state index is 0.400. The molecule has 2 amide bonds. The Morgan fingerprint density at radius 2 is 1.76 bits per heavy atom. The lowest BCUT2D eigenvalue weighted by atomic mass is 9.80. The minimum atomic E-state index is -1.58. The monoisotopic (exact) mass is 394 g/mol. The molecule has 0 aliphatic carbocycles. The number of aryl methyl sites for hydroxylation is 1. The molecule has 0 saturated carbocycles. The van der Waals surface area contributed by atoms with Crippen LogP contribution in [0.3, 0.4) is 0 Å². The number of anilines is 1. The van der Waals surface area contributed by atoms with Crippen molar-refractivity contribution in [1.29, 1.82) is 0 Å². The Morgan fingerprint density at radius 3 is 2.41 bits per heavy atom. The van der Waals surface area contributed by atoms with E-state index in [0.29, 0.717) is 17.0 Å². The summed E-state index contributed by atoms with van der Waals surface area (Å²) < 4.78 is 5.43. The summed E-state index contributed by atoms with van der Waals surface area (Å²) in [4.78, 5) is 40.2. The maximum Gasteiger partial charge on any atom is 0.324 e. The van der Waals surface area contributed by atoms with E-state index < -0.39 is 41.2 Å². The maximum atomic E-state index is 13.5. The van der Waals surface area contributed by atoms with Gasteiger partial charge in [-0.3, -0.25) is 19.7 Å². The molecule has 4 atom stereocenters. The van der Waals surface area contributed by atoms with E-state index in [4.69, 9.17) is 4.74 Å². The van der Waals surface area contributed by atoms with E-state index in [1.54, 1.807) is 36.4 Å². The van der Waals surface area contributed by atoms with Crippen LogP contribution in [0.2, 0.25) is 0 Å². The lowest BCUT2D eigenvalue weighted by molar-refractivity contribution is -0.147. The van der Waals surface area contributed by atoms with Crippen molar-refractivity contribution in [3.63, 3.8) is 0 Å². The highest BCUT2D eigenvalue weighted by Crippen LogP contribution is 2.51. The number of amides is 2. The van der Waals surface area contributed by atoms with Crippen molar-refractivity contribution in [1.82, 2.24) is 5.32 Å². The second kappa shape index (κ2) is 6.70. The molecule has 7 nitrogen and oxygen atoms in total. The quantitative estimate of drug-likeness (QED) is 0.773. The largest absolute Gasteiger partial charge is 0.496 e. The topological polar surface area (TPSA) is 95.9 Å². The van der Waals surface area contributed by atoms with Crippen LogP contribution in [-0.4, -0.2) is 35.5 Å². The van der Waals surface area contributed by atoms with E-state index in [0.717, 1.165) is 10.5 Å². The number of rotatable bonds is 4. The van der Waals surface area contributed by atoms with Crippen LogP contribution in [0.5, 0.6) is 5.75 Å². The first kappa shape index (κ1) is 19.1. The van der Waals surface area contributed by atoms with Gasteiger partial charge in [0.1, 0.15) is 11.3 Å². The van der Waals surface area contributed by atoms with E-state index in [1.807, 2.05) is 19.1 Å². The van der Waals surface area contributed by atoms with Gasteiger partial charge in [0, 0.05) is 11.6 Å². The van der Waals surface area contributed by atoms with Gasteiger partial charge >= 0.3 is 5.97 Å². The fraction of sp³-hybridized carbons (Fsp3) is 0.318. The van der Waals surface area contributed by atoms with E-state index in [9.17, 15) is 19.5 Å². The van der Waals surface area contributed by atoms with E-state index in [1.165, 1.54) is 14.0 Å². The van der Waals surface area contributed by atoms with Gasteiger partial charge < -0.3 is 9.84 Å². The molecule has 2 fully saturated rings. The number of hydrogen-bond donors (Lipinski definition) is 2. The minimum Gasteiger partial charge on any atom is -0.496 e. The predicted octanol–water partition coefficient (Wildman–Crippen LogP) is 2.30. The maximum absolute atomic E-state index is 13.5. The van der Waals surface area contributed by atoms with Crippen LogP contribution in [0.4, 0.5) is 5.69 Å². The molecule has 0 spiro atoms. The molecule has 29 heavy (non-hydrogen) atoms. The number of imide groups is 1. The number of nitrogens with one attached hydrogen (secondary N) is 1. The van der Waals surface area contributed by atoms with Crippen molar-refractivity contribution in [3.05, 3.63) is 59.7 Å². The second-order valence-electron chi connectivity index (χ2n) is 7.67. The molecule has 2 aromatic carbocycles. The molecular weight excluding hydrogens is 372 g/mol. The Morgan fingerprint density at radius 1 is 1.10 bits per heavy atom. The zero-order chi connectivity index (χ0) is 20.9. The summed E-state index contributed by atoms with van der Waals surface area (Å²) in [6, 6.07) is 13.6. The molecule has 0 aromatic heterocycles. The summed E-state index contributed by atoms with van der Waals surface area (Å²) in [5.41, 5.74) is 0.333. The number of methoxy groups -OCH3 is 1. The first-order valence-corrected chi connectivity index (χ1v) is 9.38. The molecule has 2 aliphatic heterocycles. The van der Waals surface area contributed by atoms with E-state index in [2.05, 4.69) is 5.32 Å². The number of fused-ring (bicyclic) bond motifs is 1. The van der Waals surface area contributed by atoms with Gasteiger partial charge in [0.15, 0.2) is 0 Å². The smallest absolute Gasteiger partial charge is 0.324 e. The third-order valence-corrected chi connectivity index (χ3v) is 6.06. The van der Waals surface area contributed by atoms with Gasteiger partial charge in [0.05, 0.1) is 24.6 Å². The average Bonchev–Trinajstić information content (AvgIpc) is 3.17. The van der Waals surface area contributed by atoms with Crippen molar-refractivity contribution in [2.45, 2.75) is 25.4 Å². The predicted molar refractivity (Wildman–Crippen MR) is 106 cm³/mol. The first-order valence-electron chi connectivity index (χ1n) is 9.38. The number of carbonyl (C=O) groups excluding carboxylic acids is 2. The average molecular weight is 394 g/mol. The zero-order valence-electron chi connectivity index (χ0n) is 16.4. The summed E-state index contributed by atoms with van der Waals surface area (Å²) in [7, 11) is 1.52. The van der Waals surface area contributed by atoms with Gasteiger partial charge in [-0.15, -0.1) is 0 Å². The number of ether oxygens (including phenoxy) is 1. The Kier molecular flexibility index (Phi) is 4.42. The van der Waals surface area contributed by atoms with E-state index in [-0.39, 0.29) is 0 Å². The highest BCUT2D eigenvalue weighted by molar-refractivity contribution is 6.24. The molecule has 2 saturated heterocycles. The molecule has 2 N–H and O–H groups in total. The Hall–Kier alpha value is -3.19. The normalized spacial score (nSPS) is 28.5. The highest BCUT2D eigenvalue weighted by atomic mass is 16.5. The number of carboxylic acids is 1. The summed E-state index contributed by atoms with van der Waals surface area (Å²) in [6.07, 6.45) is 0. The highest BCUT2D eigenvalue weighted by Gasteiger charge is 2.67. The summed E-state index contributed by atoms with van der Waals surface area (Å²) in [5, 5.41) is 13.0. The van der Waals surface area contributed by atoms with Crippen LogP contribution in [-0.2, 0) is 14.4 Å². The molecule has 2 heterocycles. The molecule has 2 aromatic rings. The molecule has 4 unspecified atom stereocenters. The number of carbonyl (C=O) groups is 3. The first-order chi connectivity index (χ1) is 13.8. The number of benzene rings is 2. The van der Waals surface area contributed by atoms with Crippen molar-refractivity contribution < 1.29 is 24.2 Å². The molecule has 150 valence electrons. The van der Waals surface area contributed by atoms with Crippen molar-refractivity contribution in [2.24, 2.45) is 11.8 Å². The number of nitrogens with zero attached hydrogens (tertiary/aromatic N) is 1. The van der Waals surface area contributed by atoms with Crippen LogP contribution < -0.4 is 15.0 Å².